The molecule has 1 aromatic carbocycles. The molecule has 4 bridgehead atoms. The van der Waals surface area contributed by atoms with Crippen LogP contribution < -0.4 is 10.6 Å². The van der Waals surface area contributed by atoms with Crippen LogP contribution in [0.4, 0.5) is 5.69 Å². The van der Waals surface area contributed by atoms with E-state index < -0.39 is 0 Å². The van der Waals surface area contributed by atoms with Crippen LogP contribution in [0.1, 0.15) is 44.1 Å². The van der Waals surface area contributed by atoms with Gasteiger partial charge in [-0.3, -0.25) is 9.59 Å². The standard InChI is InChI=1S/C21H26N6O2/c1-13-4-17(2-3-18(13)27-12-23-25-26-27)24-19(28)11-22-20(29)21-8-14-5-15(9-21)7-16(6-14)10-21/h2-4,12,14-16H,5-11H2,1H3,(H,22,29)(H,24,28). The molecule has 4 aliphatic rings. The van der Waals surface area contributed by atoms with Crippen LogP contribution in [0.25, 0.3) is 5.69 Å². The summed E-state index contributed by atoms with van der Waals surface area (Å²) in [5, 5.41) is 17.0. The van der Waals surface area contributed by atoms with Gasteiger partial charge in [0.2, 0.25) is 11.8 Å². The van der Waals surface area contributed by atoms with Crippen molar-refractivity contribution in [3.63, 3.8) is 0 Å². The van der Waals surface area contributed by atoms with Gasteiger partial charge in [0.1, 0.15) is 6.33 Å². The summed E-state index contributed by atoms with van der Waals surface area (Å²) in [6.07, 6.45) is 8.44. The van der Waals surface area contributed by atoms with E-state index in [1.807, 2.05) is 25.1 Å². The van der Waals surface area contributed by atoms with Crippen molar-refractivity contribution >= 4 is 17.5 Å². The van der Waals surface area contributed by atoms with Crippen molar-refractivity contribution in [3.05, 3.63) is 30.1 Å². The van der Waals surface area contributed by atoms with E-state index in [0.29, 0.717) is 23.4 Å². The van der Waals surface area contributed by atoms with E-state index in [4.69, 9.17) is 0 Å². The van der Waals surface area contributed by atoms with Crippen LogP contribution in [0.15, 0.2) is 24.5 Å². The molecule has 0 radical (unpaired) electrons. The molecule has 0 spiro atoms. The van der Waals surface area contributed by atoms with Gasteiger partial charge in [-0.25, -0.2) is 4.68 Å². The first-order chi connectivity index (χ1) is 14.0. The van der Waals surface area contributed by atoms with E-state index in [-0.39, 0.29) is 23.8 Å². The van der Waals surface area contributed by atoms with Gasteiger partial charge in [-0.05, 0) is 97.4 Å². The molecule has 4 fully saturated rings. The third-order valence-corrected chi connectivity index (χ3v) is 7.01. The van der Waals surface area contributed by atoms with E-state index in [1.165, 1.54) is 25.6 Å². The zero-order chi connectivity index (χ0) is 20.0. The number of nitrogens with zero attached hydrogens (tertiary/aromatic N) is 4. The predicted octanol–water partition coefficient (Wildman–Crippen LogP) is 2.24. The summed E-state index contributed by atoms with van der Waals surface area (Å²) in [5.41, 5.74) is 2.25. The maximum Gasteiger partial charge on any atom is 0.243 e. The van der Waals surface area contributed by atoms with E-state index in [2.05, 4.69) is 26.2 Å². The minimum Gasteiger partial charge on any atom is -0.347 e. The first kappa shape index (κ1) is 18.3. The minimum absolute atomic E-state index is 0.00831. The zero-order valence-corrected chi connectivity index (χ0v) is 16.6. The minimum atomic E-state index is -0.223. The second kappa shape index (κ2) is 6.93. The van der Waals surface area contributed by atoms with E-state index in [1.54, 1.807) is 4.68 Å². The van der Waals surface area contributed by atoms with Crippen molar-refractivity contribution in [2.24, 2.45) is 23.2 Å². The van der Waals surface area contributed by atoms with Crippen LogP contribution in [0.2, 0.25) is 0 Å². The SMILES string of the molecule is Cc1cc(NC(=O)CNC(=O)C23CC4CC(CC(C4)C2)C3)ccc1-n1cnnn1. The van der Waals surface area contributed by atoms with Gasteiger partial charge in [0.05, 0.1) is 12.2 Å². The Morgan fingerprint density at radius 3 is 2.41 bits per heavy atom. The average molecular weight is 394 g/mol. The van der Waals surface area contributed by atoms with E-state index in [0.717, 1.165) is 30.5 Å². The number of amides is 2. The Morgan fingerprint density at radius 1 is 1.14 bits per heavy atom. The van der Waals surface area contributed by atoms with Gasteiger partial charge in [0.25, 0.3) is 0 Å². The molecule has 152 valence electrons. The Morgan fingerprint density at radius 2 is 1.83 bits per heavy atom. The van der Waals surface area contributed by atoms with Crippen molar-refractivity contribution in [3.8, 4) is 5.69 Å². The highest BCUT2D eigenvalue weighted by molar-refractivity contribution is 5.95. The molecule has 2 aromatic rings. The molecule has 0 aliphatic heterocycles. The first-order valence-electron chi connectivity index (χ1n) is 10.4. The third-order valence-electron chi connectivity index (χ3n) is 7.01. The smallest absolute Gasteiger partial charge is 0.243 e. The van der Waals surface area contributed by atoms with Crippen molar-refractivity contribution < 1.29 is 9.59 Å². The van der Waals surface area contributed by atoms with Gasteiger partial charge in [0, 0.05) is 11.1 Å². The average Bonchev–Trinajstić information content (AvgIpc) is 3.19. The highest BCUT2D eigenvalue weighted by Crippen LogP contribution is 2.60. The highest BCUT2D eigenvalue weighted by Gasteiger charge is 2.54. The fourth-order valence-electron chi connectivity index (χ4n) is 6.20. The lowest BCUT2D eigenvalue weighted by molar-refractivity contribution is -0.146. The van der Waals surface area contributed by atoms with Crippen molar-refractivity contribution in [2.45, 2.75) is 45.4 Å². The Balaban J connectivity index is 1.19. The van der Waals surface area contributed by atoms with Crippen LogP contribution in [0, 0.1) is 30.1 Å². The molecule has 29 heavy (non-hydrogen) atoms. The number of rotatable bonds is 5. The monoisotopic (exact) mass is 394 g/mol. The van der Waals surface area contributed by atoms with Crippen LogP contribution in [-0.4, -0.2) is 38.6 Å². The number of aryl methyl sites for hydroxylation is 1. The molecule has 4 aliphatic carbocycles. The number of benzene rings is 1. The van der Waals surface area contributed by atoms with Crippen molar-refractivity contribution in [1.29, 1.82) is 0 Å². The topological polar surface area (TPSA) is 102 Å². The van der Waals surface area contributed by atoms with Gasteiger partial charge >= 0.3 is 0 Å². The molecular weight excluding hydrogens is 368 g/mol. The fraction of sp³-hybridized carbons (Fsp3) is 0.571. The summed E-state index contributed by atoms with van der Waals surface area (Å²) >= 11 is 0. The van der Waals surface area contributed by atoms with Gasteiger partial charge in [-0.2, -0.15) is 0 Å². The number of carbonyl (C=O) groups is 2. The number of hydrogen-bond donors (Lipinski definition) is 2. The molecular formula is C21H26N6O2. The lowest BCUT2D eigenvalue weighted by atomic mass is 9.49. The summed E-state index contributed by atoms with van der Waals surface area (Å²) < 4.78 is 1.58. The van der Waals surface area contributed by atoms with Crippen molar-refractivity contribution in [1.82, 2.24) is 25.5 Å². The molecule has 0 unspecified atom stereocenters. The second-order valence-electron chi connectivity index (χ2n) is 9.18. The maximum absolute atomic E-state index is 13.0. The summed E-state index contributed by atoms with van der Waals surface area (Å²) in [6, 6.07) is 5.54. The fourth-order valence-corrected chi connectivity index (χ4v) is 6.20. The Kier molecular flexibility index (Phi) is 4.37. The highest BCUT2D eigenvalue weighted by atomic mass is 16.2. The van der Waals surface area contributed by atoms with Crippen LogP contribution in [-0.2, 0) is 9.59 Å². The molecule has 0 atom stereocenters. The first-order valence-corrected chi connectivity index (χ1v) is 10.4. The predicted molar refractivity (Wildman–Crippen MR) is 106 cm³/mol. The van der Waals surface area contributed by atoms with E-state index >= 15 is 0 Å². The van der Waals surface area contributed by atoms with Crippen LogP contribution in [0.3, 0.4) is 0 Å². The number of aromatic nitrogens is 4. The lowest BCUT2D eigenvalue weighted by Gasteiger charge is -2.55. The molecule has 8 heteroatoms. The summed E-state index contributed by atoms with van der Waals surface area (Å²) in [4.78, 5) is 25.4. The molecule has 1 heterocycles. The molecule has 6 rings (SSSR count). The van der Waals surface area contributed by atoms with Gasteiger partial charge in [0.15, 0.2) is 0 Å². The van der Waals surface area contributed by atoms with Gasteiger partial charge in [-0.15, -0.1) is 5.10 Å². The molecule has 1 aromatic heterocycles. The summed E-state index contributed by atoms with van der Waals surface area (Å²) in [7, 11) is 0. The Labute approximate surface area is 169 Å². The quantitative estimate of drug-likeness (QED) is 0.810. The molecule has 2 N–H and O–H groups in total. The maximum atomic E-state index is 13.0. The normalized spacial score (nSPS) is 29.6. The number of anilines is 1. The van der Waals surface area contributed by atoms with Crippen LogP contribution in [0.5, 0.6) is 0 Å². The largest absolute Gasteiger partial charge is 0.347 e. The second-order valence-corrected chi connectivity index (χ2v) is 9.18. The molecule has 4 saturated carbocycles. The Bertz CT molecular complexity index is 903. The van der Waals surface area contributed by atoms with E-state index in [9.17, 15) is 9.59 Å². The number of nitrogens with one attached hydrogen (secondary N) is 2. The van der Waals surface area contributed by atoms with Gasteiger partial charge < -0.3 is 10.6 Å². The van der Waals surface area contributed by atoms with Crippen molar-refractivity contribution in [2.75, 3.05) is 11.9 Å². The lowest BCUT2D eigenvalue weighted by Crippen LogP contribution is -2.54. The number of carbonyl (C=O) groups excluding carboxylic acids is 2. The molecule has 0 saturated heterocycles. The third kappa shape index (κ3) is 3.41. The Hall–Kier alpha value is -2.77. The molecule has 2 amide bonds. The summed E-state index contributed by atoms with van der Waals surface area (Å²) in [6.45, 7) is 1.94. The number of tetrazole rings is 1. The zero-order valence-electron chi connectivity index (χ0n) is 16.6. The summed E-state index contributed by atoms with van der Waals surface area (Å²) in [5.74, 6) is 2.00. The molecule has 8 nitrogen and oxygen atoms in total. The van der Waals surface area contributed by atoms with Gasteiger partial charge in [-0.1, -0.05) is 0 Å². The van der Waals surface area contributed by atoms with Crippen LogP contribution >= 0.6 is 0 Å². The number of hydrogen-bond acceptors (Lipinski definition) is 5.